The summed E-state index contributed by atoms with van der Waals surface area (Å²) in [5.74, 6) is -0.399. The molecule has 0 spiro atoms. The average Bonchev–Trinajstić information content (AvgIpc) is 2.39. The first kappa shape index (κ1) is 12.3. The van der Waals surface area contributed by atoms with Crippen LogP contribution in [0.25, 0.3) is 0 Å². The molecule has 2 heterocycles. The van der Waals surface area contributed by atoms with Crippen molar-refractivity contribution in [2.45, 2.75) is 13.0 Å². The highest BCUT2D eigenvalue weighted by molar-refractivity contribution is 7.16. The quantitative estimate of drug-likeness (QED) is 0.773. The number of primary amides is 1. The third-order valence-corrected chi connectivity index (χ3v) is 3.57. The van der Waals surface area contributed by atoms with Gasteiger partial charge in [-0.3, -0.25) is 4.79 Å². The van der Waals surface area contributed by atoms with Crippen molar-refractivity contribution in [2.24, 2.45) is 5.73 Å². The van der Waals surface area contributed by atoms with Gasteiger partial charge in [-0.2, -0.15) is 0 Å². The Morgan fingerprint density at radius 3 is 2.80 bits per heavy atom. The molecule has 0 radical (unpaired) electrons. The van der Waals surface area contributed by atoms with Gasteiger partial charge in [0.25, 0.3) is 5.91 Å². The number of anilines is 1. The zero-order valence-electron chi connectivity index (χ0n) is 8.45. The van der Waals surface area contributed by atoms with Crippen LogP contribution in [0.1, 0.15) is 20.8 Å². The highest BCUT2D eigenvalue weighted by Crippen LogP contribution is 2.34. The van der Waals surface area contributed by atoms with E-state index in [2.05, 4.69) is 11.9 Å². The fourth-order valence-electron chi connectivity index (χ4n) is 1.82. The Morgan fingerprint density at radius 1 is 1.53 bits per heavy atom. The first-order valence-electron chi connectivity index (χ1n) is 4.48. The van der Waals surface area contributed by atoms with Gasteiger partial charge in [-0.05, 0) is 19.0 Å². The van der Waals surface area contributed by atoms with Crippen molar-refractivity contribution in [3.05, 3.63) is 16.0 Å². The van der Waals surface area contributed by atoms with Crippen LogP contribution in [0.4, 0.5) is 5.00 Å². The van der Waals surface area contributed by atoms with Crippen LogP contribution < -0.4 is 11.5 Å². The van der Waals surface area contributed by atoms with Gasteiger partial charge >= 0.3 is 0 Å². The number of rotatable bonds is 1. The molecule has 0 saturated carbocycles. The van der Waals surface area contributed by atoms with E-state index >= 15 is 0 Å². The summed E-state index contributed by atoms with van der Waals surface area (Å²) in [4.78, 5) is 14.6. The number of carbonyl (C=O) groups is 1. The Morgan fingerprint density at radius 2 is 2.20 bits per heavy atom. The molecular weight excluding hydrogens is 234 g/mol. The van der Waals surface area contributed by atoms with E-state index in [-0.39, 0.29) is 12.4 Å². The lowest BCUT2D eigenvalue weighted by atomic mass is 10.0. The van der Waals surface area contributed by atoms with E-state index in [1.165, 1.54) is 16.2 Å². The molecule has 0 aliphatic carbocycles. The second kappa shape index (κ2) is 4.38. The molecule has 1 aliphatic rings. The zero-order valence-corrected chi connectivity index (χ0v) is 10.1. The first-order chi connectivity index (χ1) is 6.59. The molecule has 0 unspecified atom stereocenters. The number of hydrogen-bond donors (Lipinski definition) is 2. The van der Waals surface area contributed by atoms with Crippen LogP contribution in [0.15, 0.2) is 0 Å². The smallest absolute Gasteiger partial charge is 0.251 e. The van der Waals surface area contributed by atoms with E-state index in [1.807, 2.05) is 0 Å². The molecule has 15 heavy (non-hydrogen) atoms. The number of fused-ring (bicyclic) bond motifs is 1. The van der Waals surface area contributed by atoms with Crippen molar-refractivity contribution >= 4 is 34.7 Å². The Labute approximate surface area is 98.6 Å². The summed E-state index contributed by atoms with van der Waals surface area (Å²) in [5.41, 5.74) is 12.7. The fourth-order valence-corrected chi connectivity index (χ4v) is 3.03. The number of nitrogens with two attached hydrogens (primary N) is 2. The highest BCUT2D eigenvalue weighted by atomic mass is 35.5. The molecule has 0 atom stereocenters. The monoisotopic (exact) mass is 247 g/mol. The highest BCUT2D eigenvalue weighted by Gasteiger charge is 2.24. The van der Waals surface area contributed by atoms with Crippen LogP contribution in [0.3, 0.4) is 0 Å². The molecule has 0 fully saturated rings. The fraction of sp³-hybridized carbons (Fsp3) is 0.444. The van der Waals surface area contributed by atoms with Crippen molar-refractivity contribution < 1.29 is 4.79 Å². The van der Waals surface area contributed by atoms with Crippen LogP contribution in [-0.4, -0.2) is 24.4 Å². The van der Waals surface area contributed by atoms with Crippen molar-refractivity contribution in [3.63, 3.8) is 0 Å². The molecule has 0 aromatic carbocycles. The van der Waals surface area contributed by atoms with Crippen LogP contribution in [0.2, 0.25) is 0 Å². The summed E-state index contributed by atoms with van der Waals surface area (Å²) in [7, 11) is 2.06. The minimum absolute atomic E-state index is 0. The predicted octanol–water partition coefficient (Wildman–Crippen LogP) is 0.839. The summed E-state index contributed by atoms with van der Waals surface area (Å²) in [6.45, 7) is 1.83. The van der Waals surface area contributed by atoms with Crippen LogP contribution in [0, 0.1) is 0 Å². The molecule has 2 rings (SSSR count). The maximum atomic E-state index is 11.2. The van der Waals surface area contributed by atoms with E-state index < -0.39 is 5.91 Å². The van der Waals surface area contributed by atoms with Crippen molar-refractivity contribution in [1.82, 2.24) is 4.90 Å². The third kappa shape index (κ3) is 2.09. The maximum absolute atomic E-state index is 11.2. The summed E-state index contributed by atoms with van der Waals surface area (Å²) >= 11 is 1.48. The number of amides is 1. The van der Waals surface area contributed by atoms with Gasteiger partial charge < -0.3 is 16.4 Å². The van der Waals surface area contributed by atoms with Gasteiger partial charge in [-0.25, -0.2) is 0 Å². The molecule has 6 heteroatoms. The molecule has 0 bridgehead atoms. The Hall–Kier alpha value is -0.780. The summed E-state index contributed by atoms with van der Waals surface area (Å²) in [5, 5.41) is 0.567. The number of carbonyl (C=O) groups excluding carboxylic acids is 1. The van der Waals surface area contributed by atoms with Gasteiger partial charge in [0.1, 0.15) is 0 Å². The molecule has 0 saturated heterocycles. The molecule has 84 valence electrons. The van der Waals surface area contributed by atoms with E-state index in [0.717, 1.165) is 25.1 Å². The molecule has 4 nitrogen and oxygen atoms in total. The standard InChI is InChI=1S/C9H13N3OS.ClH/c1-12-3-2-5-6(4-12)14-9(11)7(5)8(10)13;/h2-4,11H2,1H3,(H2,10,13);1H. The Bertz CT molecular complexity index is 391. The lowest BCUT2D eigenvalue weighted by molar-refractivity contribution is 0.1000. The average molecular weight is 248 g/mol. The minimum Gasteiger partial charge on any atom is -0.390 e. The molecule has 1 aliphatic heterocycles. The number of halogens is 1. The van der Waals surface area contributed by atoms with Crippen LogP contribution >= 0.6 is 23.7 Å². The van der Waals surface area contributed by atoms with Gasteiger partial charge in [0.2, 0.25) is 0 Å². The van der Waals surface area contributed by atoms with Crippen LogP contribution in [-0.2, 0) is 13.0 Å². The molecule has 1 aromatic rings. The molecular formula is C9H14ClN3OS. The van der Waals surface area contributed by atoms with Gasteiger partial charge in [-0.15, -0.1) is 23.7 Å². The second-order valence-electron chi connectivity index (χ2n) is 3.60. The normalized spacial score (nSPS) is 15.5. The summed E-state index contributed by atoms with van der Waals surface area (Å²) in [6.07, 6.45) is 0.873. The largest absolute Gasteiger partial charge is 0.390 e. The lowest BCUT2D eigenvalue weighted by Crippen LogP contribution is -2.27. The minimum atomic E-state index is -0.399. The van der Waals surface area contributed by atoms with Gasteiger partial charge in [0.05, 0.1) is 10.6 Å². The third-order valence-electron chi connectivity index (χ3n) is 2.52. The van der Waals surface area contributed by atoms with E-state index in [0.29, 0.717) is 10.6 Å². The summed E-state index contributed by atoms with van der Waals surface area (Å²) < 4.78 is 0. The van der Waals surface area contributed by atoms with E-state index in [9.17, 15) is 4.79 Å². The van der Waals surface area contributed by atoms with Crippen molar-refractivity contribution in [2.75, 3.05) is 19.3 Å². The zero-order chi connectivity index (χ0) is 10.3. The number of nitrogen functional groups attached to an aromatic ring is 1. The SMILES string of the molecule is CN1CCc2c(sc(N)c2C(N)=O)C1.Cl. The predicted molar refractivity (Wildman–Crippen MR) is 64.5 cm³/mol. The first-order valence-corrected chi connectivity index (χ1v) is 5.29. The van der Waals surface area contributed by atoms with Crippen LogP contribution in [0.5, 0.6) is 0 Å². The van der Waals surface area contributed by atoms with Crippen molar-refractivity contribution in [1.29, 1.82) is 0 Å². The number of thiophene rings is 1. The van der Waals surface area contributed by atoms with E-state index in [1.54, 1.807) is 0 Å². The second-order valence-corrected chi connectivity index (χ2v) is 4.73. The summed E-state index contributed by atoms with van der Waals surface area (Å²) in [6, 6.07) is 0. The lowest BCUT2D eigenvalue weighted by Gasteiger charge is -2.22. The van der Waals surface area contributed by atoms with E-state index in [4.69, 9.17) is 11.5 Å². The molecule has 4 N–H and O–H groups in total. The van der Waals surface area contributed by atoms with Gasteiger partial charge in [0, 0.05) is 18.0 Å². The molecule has 1 amide bonds. The number of likely N-dealkylation sites (N-methyl/N-ethyl adjacent to an activating group) is 1. The molecule has 1 aromatic heterocycles. The Kier molecular flexibility index (Phi) is 3.59. The van der Waals surface area contributed by atoms with Gasteiger partial charge in [-0.1, -0.05) is 0 Å². The maximum Gasteiger partial charge on any atom is 0.251 e. The topological polar surface area (TPSA) is 72.3 Å². The number of nitrogens with zero attached hydrogens (tertiary/aromatic N) is 1. The Balaban J connectivity index is 0.00000112. The number of hydrogen-bond acceptors (Lipinski definition) is 4. The van der Waals surface area contributed by atoms with Gasteiger partial charge in [0.15, 0.2) is 0 Å². The van der Waals surface area contributed by atoms with Crippen molar-refractivity contribution in [3.8, 4) is 0 Å².